The molecule has 0 spiro atoms. The van der Waals surface area contributed by atoms with E-state index in [1.54, 1.807) is 24.3 Å². The molecule has 1 aliphatic rings. The highest BCUT2D eigenvalue weighted by Crippen LogP contribution is 2.38. The van der Waals surface area contributed by atoms with Crippen molar-refractivity contribution in [2.45, 2.75) is 31.2 Å². The second-order valence-corrected chi connectivity index (χ2v) is 8.35. The van der Waals surface area contributed by atoms with Gasteiger partial charge in [-0.05, 0) is 41.8 Å². The Balaban J connectivity index is 1.94. The monoisotopic (exact) mass is 348 g/mol. The van der Waals surface area contributed by atoms with Gasteiger partial charge >= 0.3 is 0 Å². The fourth-order valence-electron chi connectivity index (χ4n) is 2.97. The summed E-state index contributed by atoms with van der Waals surface area (Å²) < 4.78 is 32.0. The summed E-state index contributed by atoms with van der Waals surface area (Å²) in [5, 5.41) is 2.81. The Kier molecular flexibility index (Phi) is 4.23. The largest absolute Gasteiger partial charge is 0.468 e. The Morgan fingerprint density at radius 3 is 2.67 bits per heavy atom. The van der Waals surface area contributed by atoms with Crippen LogP contribution in [0, 0.1) is 5.92 Å². The van der Waals surface area contributed by atoms with Crippen LogP contribution in [0.1, 0.15) is 31.1 Å². The molecule has 0 bridgehead atoms. The minimum Gasteiger partial charge on any atom is -0.468 e. The van der Waals surface area contributed by atoms with Gasteiger partial charge in [0.2, 0.25) is 15.9 Å². The van der Waals surface area contributed by atoms with Gasteiger partial charge in [0.1, 0.15) is 5.76 Å². The number of anilines is 1. The summed E-state index contributed by atoms with van der Waals surface area (Å²) in [6, 6.07) is 8.23. The molecular formula is C17H20N2O4S. The summed E-state index contributed by atoms with van der Waals surface area (Å²) in [6.45, 7) is 4.05. The molecule has 0 saturated carbocycles. The molecule has 1 aliphatic heterocycles. The summed E-state index contributed by atoms with van der Waals surface area (Å²) in [6.07, 6.45) is 1.51. The van der Waals surface area contributed by atoms with E-state index in [0.717, 1.165) is 5.56 Å². The van der Waals surface area contributed by atoms with Crippen LogP contribution in [-0.4, -0.2) is 25.7 Å². The molecule has 1 aromatic carbocycles. The Bertz CT molecular complexity index is 857. The number of rotatable bonds is 5. The zero-order chi connectivity index (χ0) is 17.5. The number of nitrogens with one attached hydrogen (secondary N) is 1. The highest BCUT2D eigenvalue weighted by atomic mass is 32.2. The smallest absolute Gasteiger partial charge is 0.243 e. The third kappa shape index (κ3) is 2.85. The normalized spacial score (nSPS) is 17.4. The van der Waals surface area contributed by atoms with Gasteiger partial charge in [-0.1, -0.05) is 13.8 Å². The van der Waals surface area contributed by atoms with Crippen molar-refractivity contribution in [2.75, 3.05) is 12.4 Å². The van der Waals surface area contributed by atoms with E-state index in [1.165, 1.54) is 23.7 Å². The van der Waals surface area contributed by atoms with Crippen LogP contribution in [0.25, 0.3) is 0 Å². The average molecular weight is 348 g/mol. The SMILES string of the molecule is CC(C)C1C(=O)Nc2ccc(S(=O)(=O)N(C)Cc3ccco3)cc21. The molecule has 6 nitrogen and oxygen atoms in total. The Morgan fingerprint density at radius 1 is 1.29 bits per heavy atom. The third-order valence-corrected chi connectivity index (χ3v) is 6.03. The molecule has 0 fully saturated rings. The molecular weight excluding hydrogens is 328 g/mol. The van der Waals surface area contributed by atoms with Gasteiger partial charge in [-0.15, -0.1) is 0 Å². The molecule has 2 aromatic rings. The first-order valence-corrected chi connectivity index (χ1v) is 9.18. The van der Waals surface area contributed by atoms with E-state index in [0.29, 0.717) is 11.4 Å². The van der Waals surface area contributed by atoms with E-state index in [2.05, 4.69) is 5.32 Å². The molecule has 1 amide bonds. The van der Waals surface area contributed by atoms with E-state index in [9.17, 15) is 13.2 Å². The van der Waals surface area contributed by atoms with Crippen LogP contribution in [0.2, 0.25) is 0 Å². The van der Waals surface area contributed by atoms with E-state index >= 15 is 0 Å². The van der Waals surface area contributed by atoms with Crippen molar-refractivity contribution in [1.82, 2.24) is 4.31 Å². The van der Waals surface area contributed by atoms with Crippen LogP contribution < -0.4 is 5.32 Å². The highest BCUT2D eigenvalue weighted by Gasteiger charge is 2.34. The van der Waals surface area contributed by atoms with Gasteiger partial charge in [0, 0.05) is 12.7 Å². The molecule has 2 heterocycles. The maximum Gasteiger partial charge on any atom is 0.243 e. The second kappa shape index (κ2) is 6.07. The van der Waals surface area contributed by atoms with Crippen molar-refractivity contribution in [3.8, 4) is 0 Å². The predicted molar refractivity (Wildman–Crippen MR) is 90.0 cm³/mol. The van der Waals surface area contributed by atoms with Gasteiger partial charge in [0.25, 0.3) is 0 Å². The molecule has 7 heteroatoms. The molecule has 24 heavy (non-hydrogen) atoms. The van der Waals surface area contributed by atoms with Crippen molar-refractivity contribution >= 4 is 21.6 Å². The topological polar surface area (TPSA) is 79.6 Å². The first-order chi connectivity index (χ1) is 11.3. The van der Waals surface area contributed by atoms with E-state index in [4.69, 9.17) is 4.42 Å². The number of hydrogen-bond donors (Lipinski definition) is 1. The predicted octanol–water partition coefficient (Wildman–Crippen LogP) is 2.79. The molecule has 0 aliphatic carbocycles. The van der Waals surface area contributed by atoms with Crippen LogP contribution in [0.4, 0.5) is 5.69 Å². The van der Waals surface area contributed by atoms with Crippen molar-refractivity contribution in [3.63, 3.8) is 0 Å². The van der Waals surface area contributed by atoms with Crippen molar-refractivity contribution < 1.29 is 17.6 Å². The lowest BCUT2D eigenvalue weighted by molar-refractivity contribution is -0.117. The summed E-state index contributed by atoms with van der Waals surface area (Å²) in [4.78, 5) is 12.3. The van der Waals surface area contributed by atoms with Crippen LogP contribution in [-0.2, 0) is 21.4 Å². The van der Waals surface area contributed by atoms with Gasteiger partial charge < -0.3 is 9.73 Å². The van der Waals surface area contributed by atoms with Crippen molar-refractivity contribution in [3.05, 3.63) is 47.9 Å². The van der Waals surface area contributed by atoms with E-state index in [-0.39, 0.29) is 29.2 Å². The number of fused-ring (bicyclic) bond motifs is 1. The number of carbonyl (C=O) groups excluding carboxylic acids is 1. The summed E-state index contributed by atoms with van der Waals surface area (Å²) >= 11 is 0. The van der Waals surface area contributed by atoms with Gasteiger partial charge in [0.15, 0.2) is 0 Å². The van der Waals surface area contributed by atoms with Crippen LogP contribution in [0.15, 0.2) is 45.9 Å². The summed E-state index contributed by atoms with van der Waals surface area (Å²) in [5.74, 6) is 0.244. The average Bonchev–Trinajstić information content (AvgIpc) is 3.12. The second-order valence-electron chi connectivity index (χ2n) is 6.30. The summed E-state index contributed by atoms with van der Waals surface area (Å²) in [7, 11) is -2.16. The fourth-order valence-corrected chi connectivity index (χ4v) is 4.15. The lowest BCUT2D eigenvalue weighted by Gasteiger charge is -2.18. The zero-order valence-corrected chi connectivity index (χ0v) is 14.6. The van der Waals surface area contributed by atoms with Crippen LogP contribution >= 0.6 is 0 Å². The Labute approximate surface area is 141 Å². The number of amides is 1. The number of hydrogen-bond acceptors (Lipinski definition) is 4. The molecule has 0 radical (unpaired) electrons. The molecule has 3 rings (SSSR count). The molecule has 1 N–H and O–H groups in total. The lowest BCUT2D eigenvalue weighted by Crippen LogP contribution is -2.26. The Morgan fingerprint density at radius 2 is 2.04 bits per heavy atom. The third-order valence-electron chi connectivity index (χ3n) is 4.23. The number of carbonyl (C=O) groups is 1. The van der Waals surface area contributed by atoms with Crippen molar-refractivity contribution in [2.24, 2.45) is 5.92 Å². The van der Waals surface area contributed by atoms with Gasteiger partial charge in [-0.25, -0.2) is 8.42 Å². The van der Waals surface area contributed by atoms with Gasteiger partial charge in [-0.2, -0.15) is 4.31 Å². The Hall–Kier alpha value is -2.12. The number of furan rings is 1. The first kappa shape index (κ1) is 16.7. The minimum atomic E-state index is -3.67. The highest BCUT2D eigenvalue weighted by molar-refractivity contribution is 7.89. The number of benzene rings is 1. The lowest BCUT2D eigenvalue weighted by atomic mass is 9.90. The molecule has 1 aromatic heterocycles. The molecule has 128 valence electrons. The fraction of sp³-hybridized carbons (Fsp3) is 0.353. The van der Waals surface area contributed by atoms with Crippen LogP contribution in [0.5, 0.6) is 0 Å². The van der Waals surface area contributed by atoms with Gasteiger partial charge in [0.05, 0.1) is 23.6 Å². The maximum atomic E-state index is 12.8. The first-order valence-electron chi connectivity index (χ1n) is 7.74. The molecule has 0 saturated heterocycles. The van der Waals surface area contributed by atoms with E-state index < -0.39 is 10.0 Å². The molecule has 1 atom stereocenters. The number of sulfonamides is 1. The van der Waals surface area contributed by atoms with E-state index in [1.807, 2.05) is 13.8 Å². The van der Waals surface area contributed by atoms with Crippen LogP contribution in [0.3, 0.4) is 0 Å². The van der Waals surface area contributed by atoms with Crippen molar-refractivity contribution in [1.29, 1.82) is 0 Å². The quantitative estimate of drug-likeness (QED) is 0.901. The molecule has 1 unspecified atom stereocenters. The van der Waals surface area contributed by atoms with Gasteiger partial charge in [-0.3, -0.25) is 4.79 Å². The maximum absolute atomic E-state index is 12.8. The zero-order valence-electron chi connectivity index (χ0n) is 13.8. The minimum absolute atomic E-state index is 0.0847. The standard InChI is InChI=1S/C17H20N2O4S/c1-11(2)16-14-9-13(6-7-15(14)18-17(16)20)24(21,22)19(3)10-12-5-4-8-23-12/h4-9,11,16H,10H2,1-3H3,(H,18,20). The summed E-state index contributed by atoms with van der Waals surface area (Å²) in [5.41, 5.74) is 1.42. The number of nitrogens with zero attached hydrogens (tertiary/aromatic N) is 1.